The first-order valence-corrected chi connectivity index (χ1v) is 2.48. The van der Waals surface area contributed by atoms with Crippen molar-refractivity contribution in [2.45, 2.75) is 0 Å². The molecule has 1 rings (SSSR count). The van der Waals surface area contributed by atoms with Crippen LogP contribution in [0.4, 0.5) is 8.78 Å². The molecule has 2 nitrogen and oxygen atoms in total. The van der Waals surface area contributed by atoms with Gasteiger partial charge in [-0.3, -0.25) is 0 Å². The topological polar surface area (TPSA) is 40.5 Å². The molecule has 0 heterocycles. The molecule has 0 unspecified atom stereocenters. The summed E-state index contributed by atoms with van der Waals surface area (Å²) in [6, 6.07) is 1.01. The third-order valence-electron chi connectivity index (χ3n) is 1.02. The summed E-state index contributed by atoms with van der Waals surface area (Å²) in [4.78, 5) is 0. The van der Waals surface area contributed by atoms with Crippen molar-refractivity contribution in [2.24, 2.45) is 0 Å². The number of hydrogen-bond donors (Lipinski definition) is 2. The van der Waals surface area contributed by atoms with Crippen LogP contribution in [0.5, 0.6) is 11.5 Å². The molecule has 10 heavy (non-hydrogen) atoms. The van der Waals surface area contributed by atoms with Crippen LogP contribution in [-0.2, 0) is 0 Å². The van der Waals surface area contributed by atoms with Crippen LogP contribution < -0.4 is 0 Å². The minimum Gasteiger partial charge on any atom is -0.505 e. The van der Waals surface area contributed by atoms with Crippen molar-refractivity contribution in [1.82, 2.24) is 0 Å². The zero-order valence-corrected chi connectivity index (χ0v) is 4.81. The fourth-order valence-corrected chi connectivity index (χ4v) is 0.527. The normalized spacial score (nSPS) is 9.80. The molecule has 0 spiro atoms. The molecular formula is C6H4F2O2. The van der Waals surface area contributed by atoms with E-state index >= 15 is 0 Å². The predicted octanol–water partition coefficient (Wildman–Crippen LogP) is 1.38. The molecule has 0 aliphatic rings. The van der Waals surface area contributed by atoms with Gasteiger partial charge < -0.3 is 10.2 Å². The summed E-state index contributed by atoms with van der Waals surface area (Å²) >= 11 is 0. The molecule has 0 atom stereocenters. The molecule has 0 saturated carbocycles. The van der Waals surface area contributed by atoms with E-state index in [-0.39, 0.29) is 0 Å². The number of rotatable bonds is 0. The molecule has 0 amide bonds. The van der Waals surface area contributed by atoms with E-state index in [1.807, 2.05) is 0 Å². The average Bonchev–Trinajstić information content (AvgIpc) is 1.84. The van der Waals surface area contributed by atoms with Crippen LogP contribution in [0.1, 0.15) is 0 Å². The molecule has 0 aromatic heterocycles. The molecule has 0 radical (unpaired) electrons. The fraction of sp³-hybridized carbons (Fsp3) is 0. The number of hydrogen-bond acceptors (Lipinski definition) is 2. The molecule has 0 aliphatic carbocycles. The van der Waals surface area contributed by atoms with E-state index in [0.29, 0.717) is 12.1 Å². The molecule has 1 aromatic carbocycles. The van der Waals surface area contributed by atoms with E-state index in [4.69, 9.17) is 10.2 Å². The summed E-state index contributed by atoms with van der Waals surface area (Å²) in [6.07, 6.45) is 0. The summed E-state index contributed by atoms with van der Waals surface area (Å²) in [5.74, 6) is -3.71. The van der Waals surface area contributed by atoms with Crippen molar-refractivity contribution in [2.75, 3.05) is 0 Å². The van der Waals surface area contributed by atoms with Crippen LogP contribution in [0.2, 0.25) is 0 Å². The molecule has 2 N–H and O–H groups in total. The van der Waals surface area contributed by atoms with Gasteiger partial charge in [0.25, 0.3) is 0 Å². The fourth-order valence-electron chi connectivity index (χ4n) is 0.527. The quantitative estimate of drug-likeness (QED) is 0.580. The summed E-state index contributed by atoms with van der Waals surface area (Å²) in [6.45, 7) is 0. The zero-order valence-electron chi connectivity index (χ0n) is 4.81. The van der Waals surface area contributed by atoms with Crippen molar-refractivity contribution >= 4 is 0 Å². The summed E-state index contributed by atoms with van der Waals surface area (Å²) in [7, 11) is 0. The van der Waals surface area contributed by atoms with Crippen molar-refractivity contribution < 1.29 is 19.0 Å². The maximum Gasteiger partial charge on any atom is 0.168 e. The van der Waals surface area contributed by atoms with Gasteiger partial charge in [0.15, 0.2) is 23.1 Å². The molecule has 0 bridgehead atoms. The molecular weight excluding hydrogens is 142 g/mol. The van der Waals surface area contributed by atoms with Gasteiger partial charge in [-0.25, -0.2) is 8.78 Å². The van der Waals surface area contributed by atoms with Gasteiger partial charge in [0.1, 0.15) is 0 Å². The number of halogens is 2. The number of benzene rings is 1. The minimum absolute atomic E-state index is 0.407. The number of phenolic OH excluding ortho intramolecular Hbond substituents is 2. The highest BCUT2D eigenvalue weighted by molar-refractivity contribution is 5.33. The van der Waals surface area contributed by atoms with Crippen LogP contribution >= 0.6 is 0 Å². The second-order valence-electron chi connectivity index (χ2n) is 1.76. The van der Waals surface area contributed by atoms with Crippen LogP contribution in [0.3, 0.4) is 0 Å². The number of aromatic hydroxyl groups is 2. The highest BCUT2D eigenvalue weighted by atomic mass is 19.1. The van der Waals surface area contributed by atoms with Crippen molar-refractivity contribution in [1.29, 1.82) is 0 Å². The zero-order chi connectivity index (χ0) is 7.72. The van der Waals surface area contributed by atoms with Gasteiger partial charge in [-0.1, -0.05) is 0 Å². The first-order chi connectivity index (χ1) is 4.61. The van der Waals surface area contributed by atoms with E-state index in [1.54, 1.807) is 0 Å². The van der Waals surface area contributed by atoms with Gasteiger partial charge in [-0.2, -0.15) is 0 Å². The lowest BCUT2D eigenvalue weighted by Crippen LogP contribution is -1.80. The Labute approximate surface area is 55.4 Å². The standard InChI is InChI=1S/C6H4F2O2/c7-3-1-4(8)6(10)2-5(3)9/h1-2,9-10H. The van der Waals surface area contributed by atoms with E-state index in [2.05, 4.69) is 0 Å². The highest BCUT2D eigenvalue weighted by Crippen LogP contribution is 2.24. The third-order valence-corrected chi connectivity index (χ3v) is 1.02. The van der Waals surface area contributed by atoms with E-state index in [9.17, 15) is 8.78 Å². The second kappa shape index (κ2) is 2.13. The molecule has 0 fully saturated rings. The molecule has 4 heteroatoms. The van der Waals surface area contributed by atoms with Gasteiger partial charge in [-0.05, 0) is 0 Å². The lowest BCUT2D eigenvalue weighted by atomic mass is 10.3. The monoisotopic (exact) mass is 146 g/mol. The van der Waals surface area contributed by atoms with Crippen molar-refractivity contribution in [3.63, 3.8) is 0 Å². The van der Waals surface area contributed by atoms with Gasteiger partial charge in [0.05, 0.1) is 0 Å². The van der Waals surface area contributed by atoms with Gasteiger partial charge in [0, 0.05) is 12.1 Å². The predicted molar refractivity (Wildman–Crippen MR) is 29.7 cm³/mol. The van der Waals surface area contributed by atoms with Crippen LogP contribution in [0.15, 0.2) is 12.1 Å². The summed E-state index contributed by atoms with van der Waals surface area (Å²) in [5.41, 5.74) is 0. The van der Waals surface area contributed by atoms with E-state index in [1.165, 1.54) is 0 Å². The second-order valence-corrected chi connectivity index (χ2v) is 1.76. The highest BCUT2D eigenvalue weighted by Gasteiger charge is 2.06. The Hall–Kier alpha value is -1.32. The van der Waals surface area contributed by atoms with Crippen molar-refractivity contribution in [3.05, 3.63) is 23.8 Å². The summed E-state index contributed by atoms with van der Waals surface area (Å²) < 4.78 is 24.3. The maximum atomic E-state index is 12.2. The number of phenols is 2. The Morgan fingerprint density at radius 3 is 1.60 bits per heavy atom. The van der Waals surface area contributed by atoms with E-state index < -0.39 is 23.1 Å². The smallest absolute Gasteiger partial charge is 0.168 e. The maximum absolute atomic E-state index is 12.2. The van der Waals surface area contributed by atoms with Gasteiger partial charge in [0.2, 0.25) is 0 Å². The summed E-state index contributed by atoms with van der Waals surface area (Å²) in [5, 5.41) is 17.0. The Balaban J connectivity index is 3.28. The average molecular weight is 146 g/mol. The molecule has 0 aliphatic heterocycles. The van der Waals surface area contributed by atoms with Crippen molar-refractivity contribution in [3.8, 4) is 11.5 Å². The SMILES string of the molecule is Oc1cc(O)c(F)cc1F. The van der Waals surface area contributed by atoms with Gasteiger partial charge >= 0.3 is 0 Å². The Kier molecular flexibility index (Phi) is 1.45. The first-order valence-electron chi connectivity index (χ1n) is 2.48. The van der Waals surface area contributed by atoms with Crippen LogP contribution in [-0.4, -0.2) is 10.2 Å². The largest absolute Gasteiger partial charge is 0.505 e. The molecule has 1 aromatic rings. The lowest BCUT2D eigenvalue weighted by molar-refractivity contribution is 0.397. The Morgan fingerprint density at radius 1 is 0.900 bits per heavy atom. The molecule has 0 saturated heterocycles. The van der Waals surface area contributed by atoms with E-state index in [0.717, 1.165) is 0 Å². The van der Waals surface area contributed by atoms with Crippen LogP contribution in [0.25, 0.3) is 0 Å². The molecule has 54 valence electrons. The Morgan fingerprint density at radius 2 is 1.30 bits per heavy atom. The Bertz CT molecular complexity index is 210. The lowest BCUT2D eigenvalue weighted by Gasteiger charge is -1.96. The minimum atomic E-state index is -1.09. The van der Waals surface area contributed by atoms with Crippen LogP contribution in [0, 0.1) is 11.6 Å². The first kappa shape index (κ1) is 6.80. The van der Waals surface area contributed by atoms with Gasteiger partial charge in [-0.15, -0.1) is 0 Å². The third kappa shape index (κ3) is 1.00.